The third-order valence-electron chi connectivity index (χ3n) is 8.83. The lowest BCUT2D eigenvalue weighted by Crippen LogP contribution is -2.54. The molecule has 0 radical (unpaired) electrons. The van der Waals surface area contributed by atoms with Gasteiger partial charge in [0.1, 0.15) is 6.54 Å². The number of carbonyl (C=O) groups excluding carboxylic acids is 3. The number of H-pyrrole nitrogens is 1. The molecule has 3 saturated heterocycles. The van der Waals surface area contributed by atoms with Gasteiger partial charge in [-0.3, -0.25) is 19.5 Å². The molecule has 1 aromatic heterocycles. The van der Waals surface area contributed by atoms with Crippen molar-refractivity contribution in [1.29, 1.82) is 0 Å². The van der Waals surface area contributed by atoms with Crippen molar-refractivity contribution in [2.75, 3.05) is 37.7 Å². The Morgan fingerprint density at radius 1 is 1.11 bits per heavy atom. The molecule has 0 aliphatic carbocycles. The summed E-state index contributed by atoms with van der Waals surface area (Å²) in [5.41, 5.74) is 2.47. The molecule has 2 aromatic carbocycles. The predicted molar refractivity (Wildman–Crippen MR) is 144 cm³/mol. The maximum absolute atomic E-state index is 14.1. The Labute approximate surface area is 228 Å². The number of likely N-dealkylation sites (tertiary alicyclic amines) is 1. The van der Waals surface area contributed by atoms with Crippen molar-refractivity contribution in [3.05, 3.63) is 58.2 Å². The Balaban J connectivity index is 1.13. The zero-order valence-corrected chi connectivity index (χ0v) is 22.4. The first-order chi connectivity index (χ1) is 18.5. The normalized spacial score (nSPS) is 23.9. The highest BCUT2D eigenvalue weighted by Crippen LogP contribution is 2.51. The van der Waals surface area contributed by atoms with E-state index in [2.05, 4.69) is 26.1 Å². The van der Waals surface area contributed by atoms with E-state index < -0.39 is 5.41 Å². The van der Waals surface area contributed by atoms with Crippen LogP contribution in [0.25, 0.3) is 10.9 Å². The average Bonchev–Trinajstić information content (AvgIpc) is 3.57. The second kappa shape index (κ2) is 8.91. The number of aromatic amines is 1. The lowest BCUT2D eigenvalue weighted by Gasteiger charge is -2.39. The van der Waals surface area contributed by atoms with Gasteiger partial charge in [0.05, 0.1) is 42.4 Å². The molecular weight excluding hydrogens is 550 g/mol. The Bertz CT molecular complexity index is 1450. The van der Waals surface area contributed by atoms with Gasteiger partial charge < -0.3 is 19.4 Å². The van der Waals surface area contributed by atoms with Crippen LogP contribution in [0.3, 0.4) is 0 Å². The molecular formula is C28H28BrN5O4. The first-order valence-corrected chi connectivity index (χ1v) is 14.0. The number of benzene rings is 2. The van der Waals surface area contributed by atoms with Gasteiger partial charge in [0.25, 0.3) is 5.91 Å². The first-order valence-electron chi connectivity index (χ1n) is 13.2. The van der Waals surface area contributed by atoms with Gasteiger partial charge in [-0.15, -0.1) is 0 Å². The summed E-state index contributed by atoms with van der Waals surface area (Å²) < 4.78 is 6.52. The van der Waals surface area contributed by atoms with E-state index in [1.165, 1.54) is 0 Å². The molecule has 9 nitrogen and oxygen atoms in total. The maximum atomic E-state index is 14.1. The lowest BCUT2D eigenvalue weighted by atomic mass is 9.73. The van der Waals surface area contributed by atoms with Gasteiger partial charge in [-0.1, -0.05) is 22.0 Å². The molecule has 3 aromatic rings. The van der Waals surface area contributed by atoms with Crippen LogP contribution in [0.4, 0.5) is 5.69 Å². The monoisotopic (exact) mass is 577 g/mol. The molecule has 4 aliphatic heterocycles. The van der Waals surface area contributed by atoms with Crippen LogP contribution in [0.15, 0.2) is 47.1 Å². The number of anilines is 1. The second-order valence-corrected chi connectivity index (χ2v) is 11.6. The van der Waals surface area contributed by atoms with Gasteiger partial charge in [-0.25, -0.2) is 0 Å². The maximum Gasteiger partial charge on any atom is 0.253 e. The van der Waals surface area contributed by atoms with Crippen molar-refractivity contribution in [1.82, 2.24) is 20.0 Å². The number of hydrogen-bond donors (Lipinski definition) is 1. The summed E-state index contributed by atoms with van der Waals surface area (Å²) in [6.07, 6.45) is 4.63. The van der Waals surface area contributed by atoms with Crippen molar-refractivity contribution in [2.24, 2.45) is 0 Å². The summed E-state index contributed by atoms with van der Waals surface area (Å²) in [6, 6.07) is 11.5. The van der Waals surface area contributed by atoms with Gasteiger partial charge >= 0.3 is 0 Å². The second-order valence-electron chi connectivity index (χ2n) is 10.8. The van der Waals surface area contributed by atoms with Crippen LogP contribution in [-0.2, 0) is 19.7 Å². The van der Waals surface area contributed by atoms with Crippen LogP contribution in [0, 0.1) is 0 Å². The van der Waals surface area contributed by atoms with Crippen molar-refractivity contribution in [3.8, 4) is 0 Å². The Hall–Kier alpha value is -3.24. The third kappa shape index (κ3) is 3.53. The van der Waals surface area contributed by atoms with E-state index in [-0.39, 0.29) is 36.3 Å². The number of nitrogens with one attached hydrogen (secondary N) is 1. The fraction of sp³-hybridized carbons (Fsp3) is 0.429. The average molecular weight is 578 g/mol. The summed E-state index contributed by atoms with van der Waals surface area (Å²) >= 11 is 3.70. The topological polar surface area (TPSA) is 98.8 Å². The van der Waals surface area contributed by atoms with E-state index in [1.807, 2.05) is 46.2 Å². The number of carbonyl (C=O) groups is 3. The van der Waals surface area contributed by atoms with Crippen LogP contribution >= 0.6 is 15.9 Å². The number of halogens is 1. The highest BCUT2D eigenvalue weighted by Gasteiger charge is 2.54. The van der Waals surface area contributed by atoms with E-state index in [1.54, 1.807) is 11.1 Å². The number of morpholine rings is 1. The summed E-state index contributed by atoms with van der Waals surface area (Å²) in [5.74, 6) is -0.102. The van der Waals surface area contributed by atoms with Gasteiger partial charge in [0, 0.05) is 39.8 Å². The largest absolute Gasteiger partial charge is 0.377 e. The standard InChI is InChI=1S/C28H28BrN5O4/c29-21-2-1-3-23-25(21)28(27(37)33(23)14-24(35)34-19-5-6-20(34)16-38-15-19)8-10-32(11-9-28)26(36)17-4-7-22-18(12-17)13-30-31-22/h1-4,7,12-13,19-20H,5-6,8-11,14-16H2,(H,30,31). The van der Waals surface area contributed by atoms with E-state index in [0.717, 1.165) is 39.5 Å². The number of ether oxygens (including phenoxy) is 1. The van der Waals surface area contributed by atoms with Gasteiger partial charge in [0.15, 0.2) is 0 Å². The van der Waals surface area contributed by atoms with Gasteiger partial charge in [-0.2, -0.15) is 5.10 Å². The van der Waals surface area contributed by atoms with Crippen LogP contribution in [0.5, 0.6) is 0 Å². The van der Waals surface area contributed by atoms with Crippen LogP contribution in [-0.4, -0.2) is 82.7 Å². The van der Waals surface area contributed by atoms with E-state index in [9.17, 15) is 14.4 Å². The number of hydrogen-bond acceptors (Lipinski definition) is 5. The molecule has 2 unspecified atom stereocenters. The molecule has 1 spiro atoms. The number of fused-ring (bicyclic) bond motifs is 5. The Morgan fingerprint density at radius 3 is 2.63 bits per heavy atom. The van der Waals surface area contributed by atoms with E-state index >= 15 is 0 Å². The molecule has 196 valence electrons. The fourth-order valence-electron chi connectivity index (χ4n) is 6.91. The number of rotatable bonds is 3. The molecule has 7 rings (SSSR count). The molecule has 38 heavy (non-hydrogen) atoms. The highest BCUT2D eigenvalue weighted by molar-refractivity contribution is 9.10. The van der Waals surface area contributed by atoms with Crippen molar-refractivity contribution >= 4 is 50.2 Å². The van der Waals surface area contributed by atoms with Crippen LogP contribution in [0.2, 0.25) is 0 Å². The summed E-state index contributed by atoms with van der Waals surface area (Å²) in [5, 5.41) is 7.84. The summed E-state index contributed by atoms with van der Waals surface area (Å²) in [6.45, 7) is 2.10. The predicted octanol–water partition coefficient (Wildman–Crippen LogP) is 3.24. The molecule has 3 amide bonds. The molecule has 4 aliphatic rings. The fourth-order valence-corrected chi connectivity index (χ4v) is 7.64. The smallest absolute Gasteiger partial charge is 0.253 e. The van der Waals surface area contributed by atoms with Crippen LogP contribution in [0.1, 0.15) is 41.6 Å². The van der Waals surface area contributed by atoms with Crippen molar-refractivity contribution < 1.29 is 19.1 Å². The Kier molecular flexibility index (Phi) is 5.59. The van der Waals surface area contributed by atoms with E-state index in [0.29, 0.717) is 44.7 Å². The summed E-state index contributed by atoms with van der Waals surface area (Å²) in [7, 11) is 0. The minimum Gasteiger partial charge on any atom is -0.377 e. The van der Waals surface area contributed by atoms with E-state index in [4.69, 9.17) is 4.74 Å². The minimum absolute atomic E-state index is 0.0145. The molecule has 0 saturated carbocycles. The zero-order valence-electron chi connectivity index (χ0n) is 20.9. The number of piperidine rings is 1. The molecule has 2 bridgehead atoms. The molecule has 2 atom stereocenters. The SMILES string of the molecule is O=C(c1ccc2[nH]ncc2c1)N1CCC2(CC1)C(=O)N(CC(=O)N1C3CCC1COC3)c1cccc(Br)c12. The molecule has 10 heteroatoms. The first kappa shape index (κ1) is 23.8. The molecule has 3 fully saturated rings. The number of nitrogens with zero attached hydrogens (tertiary/aromatic N) is 4. The molecule has 5 heterocycles. The van der Waals surface area contributed by atoms with Crippen molar-refractivity contribution in [2.45, 2.75) is 43.2 Å². The summed E-state index contributed by atoms with van der Waals surface area (Å²) in [4.78, 5) is 46.5. The molecule has 1 N–H and O–H groups in total. The zero-order chi connectivity index (χ0) is 26.0. The minimum atomic E-state index is -0.759. The quantitative estimate of drug-likeness (QED) is 0.515. The highest BCUT2D eigenvalue weighted by atomic mass is 79.9. The lowest BCUT2D eigenvalue weighted by molar-refractivity contribution is -0.140. The van der Waals surface area contributed by atoms with Crippen LogP contribution < -0.4 is 4.90 Å². The Morgan fingerprint density at radius 2 is 1.87 bits per heavy atom. The van der Waals surface area contributed by atoms with Gasteiger partial charge in [0.2, 0.25) is 11.8 Å². The van der Waals surface area contributed by atoms with Crippen molar-refractivity contribution in [3.63, 3.8) is 0 Å². The van der Waals surface area contributed by atoms with Gasteiger partial charge in [-0.05, 0) is 56.0 Å². The third-order valence-corrected chi connectivity index (χ3v) is 9.49. The number of amides is 3. The number of aromatic nitrogens is 2.